The SMILES string of the molecule is CCc1ccc(-c2cc3c(=O)[nH]nc(SCC(=O)Nc4ccc(C)cc4C)n3n2)cc1. The van der Waals surface area contributed by atoms with Crippen molar-refractivity contribution in [2.45, 2.75) is 32.3 Å². The number of aryl methyl sites for hydroxylation is 3. The summed E-state index contributed by atoms with van der Waals surface area (Å²) in [6.45, 7) is 6.07. The Kier molecular flexibility index (Phi) is 5.90. The van der Waals surface area contributed by atoms with Crippen LogP contribution in [0.15, 0.2) is 58.5 Å². The molecule has 31 heavy (non-hydrogen) atoms. The molecule has 4 rings (SSSR count). The number of hydrogen-bond donors (Lipinski definition) is 2. The van der Waals surface area contributed by atoms with E-state index in [1.54, 1.807) is 6.07 Å². The topological polar surface area (TPSA) is 92.1 Å². The van der Waals surface area contributed by atoms with Gasteiger partial charge in [0.15, 0.2) is 0 Å². The molecule has 0 saturated carbocycles. The molecule has 0 unspecified atom stereocenters. The van der Waals surface area contributed by atoms with Gasteiger partial charge in [-0.25, -0.2) is 9.61 Å². The van der Waals surface area contributed by atoms with Gasteiger partial charge in [-0.2, -0.15) is 5.10 Å². The lowest BCUT2D eigenvalue weighted by Crippen LogP contribution is -2.17. The van der Waals surface area contributed by atoms with Gasteiger partial charge >= 0.3 is 0 Å². The third-order valence-electron chi connectivity index (χ3n) is 5.02. The number of amides is 1. The molecule has 2 aromatic carbocycles. The van der Waals surface area contributed by atoms with E-state index in [4.69, 9.17) is 0 Å². The molecule has 0 spiro atoms. The van der Waals surface area contributed by atoms with Gasteiger partial charge in [0.25, 0.3) is 5.56 Å². The first-order chi connectivity index (χ1) is 14.9. The standard InChI is InChI=1S/C23H23N5O2S/c1-4-16-6-8-17(9-7-16)19-12-20-22(30)25-26-23(28(20)27-19)31-13-21(29)24-18-10-5-14(2)11-15(18)3/h5-12H,4,13H2,1-3H3,(H,24,29)(H,25,30). The molecule has 8 heteroatoms. The number of anilines is 1. The Balaban J connectivity index is 1.54. The highest BCUT2D eigenvalue weighted by Crippen LogP contribution is 2.23. The van der Waals surface area contributed by atoms with E-state index >= 15 is 0 Å². The Labute approximate surface area is 183 Å². The summed E-state index contributed by atoms with van der Waals surface area (Å²) < 4.78 is 1.50. The molecule has 0 saturated heterocycles. The third-order valence-corrected chi connectivity index (χ3v) is 5.95. The number of carbonyl (C=O) groups excluding carboxylic acids is 1. The fourth-order valence-electron chi connectivity index (χ4n) is 3.31. The molecule has 0 fully saturated rings. The highest BCUT2D eigenvalue weighted by molar-refractivity contribution is 7.99. The number of aromatic amines is 1. The minimum absolute atomic E-state index is 0.141. The maximum absolute atomic E-state index is 12.5. The van der Waals surface area contributed by atoms with Gasteiger partial charge in [-0.05, 0) is 43.5 Å². The van der Waals surface area contributed by atoms with Crippen LogP contribution in [0.5, 0.6) is 0 Å². The molecular weight excluding hydrogens is 410 g/mol. The van der Waals surface area contributed by atoms with E-state index in [-0.39, 0.29) is 17.2 Å². The molecule has 4 aromatic rings. The lowest BCUT2D eigenvalue weighted by molar-refractivity contribution is -0.113. The summed E-state index contributed by atoms with van der Waals surface area (Å²) in [6.07, 6.45) is 0.958. The summed E-state index contributed by atoms with van der Waals surface area (Å²) in [4.78, 5) is 24.7. The quantitative estimate of drug-likeness (QED) is 0.449. The average Bonchev–Trinajstić information content (AvgIpc) is 3.22. The number of hydrogen-bond acceptors (Lipinski definition) is 5. The van der Waals surface area contributed by atoms with Crippen molar-refractivity contribution in [1.82, 2.24) is 19.8 Å². The van der Waals surface area contributed by atoms with E-state index in [0.717, 1.165) is 28.8 Å². The van der Waals surface area contributed by atoms with Crippen molar-refractivity contribution in [3.63, 3.8) is 0 Å². The Hall–Kier alpha value is -3.39. The molecule has 0 aliphatic carbocycles. The molecule has 0 aliphatic heterocycles. The third kappa shape index (κ3) is 4.54. The number of rotatable bonds is 6. The van der Waals surface area contributed by atoms with Crippen molar-refractivity contribution >= 4 is 28.9 Å². The number of aromatic nitrogens is 4. The zero-order chi connectivity index (χ0) is 22.0. The first kappa shape index (κ1) is 20.9. The number of carbonyl (C=O) groups is 1. The van der Waals surface area contributed by atoms with Crippen molar-refractivity contribution in [3.05, 3.63) is 75.6 Å². The van der Waals surface area contributed by atoms with Crippen molar-refractivity contribution in [2.75, 3.05) is 11.1 Å². The number of thioether (sulfide) groups is 1. The van der Waals surface area contributed by atoms with Gasteiger partial charge in [0.2, 0.25) is 11.1 Å². The summed E-state index contributed by atoms with van der Waals surface area (Å²) in [5, 5.41) is 14.5. The van der Waals surface area contributed by atoms with Gasteiger partial charge in [0.1, 0.15) is 5.52 Å². The molecule has 1 amide bonds. The van der Waals surface area contributed by atoms with E-state index < -0.39 is 0 Å². The van der Waals surface area contributed by atoms with Crippen molar-refractivity contribution in [2.24, 2.45) is 0 Å². The molecule has 2 N–H and O–H groups in total. The first-order valence-electron chi connectivity index (χ1n) is 10.0. The van der Waals surface area contributed by atoms with Gasteiger partial charge in [-0.15, -0.1) is 5.10 Å². The van der Waals surface area contributed by atoms with Crippen LogP contribution < -0.4 is 10.9 Å². The lowest BCUT2D eigenvalue weighted by Gasteiger charge is -2.09. The average molecular weight is 434 g/mol. The fraction of sp³-hybridized carbons (Fsp3) is 0.217. The van der Waals surface area contributed by atoms with Gasteiger partial charge in [0.05, 0.1) is 11.4 Å². The largest absolute Gasteiger partial charge is 0.325 e. The number of H-pyrrole nitrogens is 1. The summed E-state index contributed by atoms with van der Waals surface area (Å²) in [6, 6.07) is 15.7. The second-order valence-corrected chi connectivity index (χ2v) is 8.31. The number of fused-ring (bicyclic) bond motifs is 1. The maximum Gasteiger partial charge on any atom is 0.290 e. The molecule has 0 aliphatic rings. The summed E-state index contributed by atoms with van der Waals surface area (Å²) in [5.74, 6) is -0.0115. The number of nitrogens with one attached hydrogen (secondary N) is 2. The Morgan fingerprint density at radius 2 is 1.90 bits per heavy atom. The van der Waals surface area contributed by atoms with E-state index in [0.29, 0.717) is 16.4 Å². The van der Waals surface area contributed by atoms with Crippen LogP contribution in [0, 0.1) is 13.8 Å². The van der Waals surface area contributed by atoms with E-state index in [2.05, 4.69) is 39.7 Å². The molecule has 0 bridgehead atoms. The Bertz CT molecular complexity index is 1310. The van der Waals surface area contributed by atoms with Crippen LogP contribution in [0.3, 0.4) is 0 Å². The summed E-state index contributed by atoms with van der Waals surface area (Å²) in [7, 11) is 0. The number of nitrogens with zero attached hydrogens (tertiary/aromatic N) is 3. The van der Waals surface area contributed by atoms with Crippen LogP contribution >= 0.6 is 11.8 Å². The van der Waals surface area contributed by atoms with Crippen LogP contribution in [0.2, 0.25) is 0 Å². The van der Waals surface area contributed by atoms with Crippen LogP contribution in [0.25, 0.3) is 16.8 Å². The molecule has 7 nitrogen and oxygen atoms in total. The van der Waals surface area contributed by atoms with Crippen molar-refractivity contribution in [1.29, 1.82) is 0 Å². The van der Waals surface area contributed by atoms with Crippen LogP contribution in [-0.2, 0) is 11.2 Å². The number of benzene rings is 2. The molecular formula is C23H23N5O2S. The molecule has 2 heterocycles. The lowest BCUT2D eigenvalue weighted by atomic mass is 10.1. The summed E-state index contributed by atoms with van der Waals surface area (Å²) in [5.41, 5.74) is 5.84. The fourth-order valence-corrected chi connectivity index (χ4v) is 4.01. The van der Waals surface area contributed by atoms with Gasteiger partial charge in [-0.1, -0.05) is 60.6 Å². The van der Waals surface area contributed by atoms with Crippen LogP contribution in [0.1, 0.15) is 23.6 Å². The van der Waals surface area contributed by atoms with Crippen molar-refractivity contribution < 1.29 is 4.79 Å². The monoisotopic (exact) mass is 433 g/mol. The smallest absolute Gasteiger partial charge is 0.290 e. The molecule has 0 radical (unpaired) electrons. The normalized spacial score (nSPS) is 11.1. The second-order valence-electron chi connectivity index (χ2n) is 7.37. The minimum Gasteiger partial charge on any atom is -0.325 e. The molecule has 158 valence electrons. The van der Waals surface area contributed by atoms with Gasteiger partial charge < -0.3 is 5.32 Å². The highest BCUT2D eigenvalue weighted by atomic mass is 32.2. The van der Waals surface area contributed by atoms with E-state index in [1.165, 1.54) is 21.8 Å². The van der Waals surface area contributed by atoms with Gasteiger partial charge in [-0.3, -0.25) is 9.59 Å². The zero-order valence-corrected chi connectivity index (χ0v) is 18.4. The predicted octanol–water partition coefficient (Wildman–Crippen LogP) is 3.99. The molecule has 0 atom stereocenters. The predicted molar refractivity (Wildman–Crippen MR) is 124 cm³/mol. The van der Waals surface area contributed by atoms with Crippen LogP contribution in [0.4, 0.5) is 5.69 Å². The summed E-state index contributed by atoms with van der Waals surface area (Å²) >= 11 is 1.22. The highest BCUT2D eigenvalue weighted by Gasteiger charge is 2.14. The first-order valence-corrected chi connectivity index (χ1v) is 11.0. The van der Waals surface area contributed by atoms with E-state index in [1.807, 2.05) is 44.2 Å². The van der Waals surface area contributed by atoms with E-state index in [9.17, 15) is 9.59 Å². The Morgan fingerprint density at radius 3 is 2.61 bits per heavy atom. The second kappa shape index (κ2) is 8.77. The Morgan fingerprint density at radius 1 is 1.13 bits per heavy atom. The van der Waals surface area contributed by atoms with Crippen LogP contribution in [-0.4, -0.2) is 31.5 Å². The zero-order valence-electron chi connectivity index (χ0n) is 17.6. The minimum atomic E-state index is -0.326. The van der Waals surface area contributed by atoms with Gasteiger partial charge in [0, 0.05) is 11.3 Å². The maximum atomic E-state index is 12.5. The van der Waals surface area contributed by atoms with Crippen molar-refractivity contribution in [3.8, 4) is 11.3 Å². The molecule has 2 aromatic heterocycles.